The van der Waals surface area contributed by atoms with Crippen molar-refractivity contribution in [3.63, 3.8) is 0 Å². The molecule has 196 valence electrons. The molecular formula is C29H24N4O5S. The number of phenolic OH excluding ortho intramolecular Hbond substituents is 1. The Morgan fingerprint density at radius 2 is 1.90 bits per heavy atom. The molecule has 5 aromatic rings. The molecule has 0 saturated carbocycles. The first-order chi connectivity index (χ1) is 18.8. The van der Waals surface area contributed by atoms with Crippen LogP contribution in [0.1, 0.15) is 35.5 Å². The SMILES string of the molecule is CCOc1ccc2nc(N3C(=O)C(=O)C(=C(O)c4nc5c(C)cccn5c4C)C3c3cccc(O)c3)sc2c1. The summed E-state index contributed by atoms with van der Waals surface area (Å²) in [6, 6.07) is 14.5. The average Bonchev–Trinajstić information content (AvgIpc) is 3.56. The predicted molar refractivity (Wildman–Crippen MR) is 148 cm³/mol. The van der Waals surface area contributed by atoms with Crippen LogP contribution in [0.2, 0.25) is 0 Å². The van der Waals surface area contributed by atoms with Gasteiger partial charge in [0.15, 0.2) is 10.9 Å². The first-order valence-electron chi connectivity index (χ1n) is 12.4. The van der Waals surface area contributed by atoms with Crippen molar-refractivity contribution in [3.05, 3.63) is 88.9 Å². The molecule has 2 aromatic carbocycles. The quantitative estimate of drug-likeness (QED) is 0.177. The predicted octanol–water partition coefficient (Wildman–Crippen LogP) is 5.29. The highest BCUT2D eigenvalue weighted by Crippen LogP contribution is 2.45. The Balaban J connectivity index is 1.57. The molecule has 1 saturated heterocycles. The lowest BCUT2D eigenvalue weighted by atomic mass is 9.96. The fraction of sp³-hybridized carbons (Fsp3) is 0.172. The van der Waals surface area contributed by atoms with E-state index in [-0.39, 0.29) is 27.9 Å². The topological polar surface area (TPSA) is 117 Å². The number of thiazole rings is 1. The lowest BCUT2D eigenvalue weighted by Crippen LogP contribution is -2.29. The average molecular weight is 541 g/mol. The third-order valence-electron chi connectivity index (χ3n) is 6.80. The maximum atomic E-state index is 13.6. The maximum Gasteiger partial charge on any atom is 0.301 e. The van der Waals surface area contributed by atoms with E-state index in [0.29, 0.717) is 34.8 Å². The summed E-state index contributed by atoms with van der Waals surface area (Å²) in [6.07, 6.45) is 1.82. The number of aliphatic hydroxyl groups excluding tert-OH is 1. The van der Waals surface area contributed by atoms with Gasteiger partial charge in [-0.1, -0.05) is 29.5 Å². The maximum absolute atomic E-state index is 13.6. The Hall–Kier alpha value is -4.70. The summed E-state index contributed by atoms with van der Waals surface area (Å²) in [5, 5.41) is 22.1. The van der Waals surface area contributed by atoms with Crippen molar-refractivity contribution in [1.29, 1.82) is 0 Å². The molecule has 1 aliphatic rings. The number of anilines is 1. The number of Topliss-reactive ketones (excluding diaryl/α,β-unsaturated/α-hetero) is 1. The molecule has 3 aromatic heterocycles. The molecule has 1 atom stereocenters. The third kappa shape index (κ3) is 3.91. The van der Waals surface area contributed by atoms with Crippen LogP contribution in [0.4, 0.5) is 5.13 Å². The van der Waals surface area contributed by atoms with Gasteiger partial charge in [0.2, 0.25) is 0 Å². The minimum atomic E-state index is -1.03. The number of carbonyl (C=O) groups is 2. The molecule has 1 fully saturated rings. The molecule has 10 heteroatoms. The Morgan fingerprint density at radius 3 is 2.64 bits per heavy atom. The van der Waals surface area contributed by atoms with Crippen molar-refractivity contribution in [2.75, 3.05) is 11.5 Å². The van der Waals surface area contributed by atoms with E-state index >= 15 is 0 Å². The van der Waals surface area contributed by atoms with Gasteiger partial charge in [-0.15, -0.1) is 0 Å². The molecule has 1 aliphatic heterocycles. The number of aryl methyl sites for hydroxylation is 2. The number of aromatic nitrogens is 3. The minimum Gasteiger partial charge on any atom is -0.508 e. The van der Waals surface area contributed by atoms with Gasteiger partial charge in [-0.05, 0) is 68.3 Å². The van der Waals surface area contributed by atoms with Crippen molar-refractivity contribution in [2.24, 2.45) is 0 Å². The zero-order valence-corrected chi connectivity index (χ0v) is 22.2. The molecule has 0 bridgehead atoms. The molecule has 4 heterocycles. The summed E-state index contributed by atoms with van der Waals surface area (Å²) < 4.78 is 8.20. The van der Waals surface area contributed by atoms with Gasteiger partial charge in [-0.3, -0.25) is 14.5 Å². The van der Waals surface area contributed by atoms with Gasteiger partial charge in [-0.25, -0.2) is 9.97 Å². The summed E-state index contributed by atoms with van der Waals surface area (Å²) in [5.41, 5.74) is 3.32. The smallest absolute Gasteiger partial charge is 0.301 e. The number of ether oxygens (including phenoxy) is 1. The summed E-state index contributed by atoms with van der Waals surface area (Å²) in [5.74, 6) is -1.44. The number of aliphatic hydroxyl groups is 1. The van der Waals surface area contributed by atoms with Crippen LogP contribution in [0.15, 0.2) is 66.4 Å². The van der Waals surface area contributed by atoms with E-state index in [1.54, 1.807) is 31.2 Å². The van der Waals surface area contributed by atoms with E-state index < -0.39 is 17.7 Å². The van der Waals surface area contributed by atoms with Crippen LogP contribution < -0.4 is 9.64 Å². The monoisotopic (exact) mass is 540 g/mol. The number of aromatic hydroxyl groups is 1. The highest BCUT2D eigenvalue weighted by atomic mass is 32.1. The first-order valence-corrected chi connectivity index (χ1v) is 13.2. The number of amides is 1. The van der Waals surface area contributed by atoms with Gasteiger partial charge in [0.05, 0.1) is 34.1 Å². The van der Waals surface area contributed by atoms with Crippen molar-refractivity contribution in [1.82, 2.24) is 14.4 Å². The summed E-state index contributed by atoms with van der Waals surface area (Å²) in [4.78, 5) is 37.7. The first kappa shape index (κ1) is 24.6. The van der Waals surface area contributed by atoms with Crippen molar-refractivity contribution < 1.29 is 24.5 Å². The number of benzene rings is 2. The number of hydrogen-bond donors (Lipinski definition) is 2. The van der Waals surface area contributed by atoms with Gasteiger partial charge in [0.25, 0.3) is 5.78 Å². The summed E-state index contributed by atoms with van der Waals surface area (Å²) in [6.45, 7) is 6.09. The van der Waals surface area contributed by atoms with E-state index in [1.807, 2.05) is 42.6 Å². The second-order valence-corrected chi connectivity index (χ2v) is 10.3. The number of imidazole rings is 1. The number of rotatable bonds is 5. The van der Waals surface area contributed by atoms with Crippen LogP contribution >= 0.6 is 11.3 Å². The van der Waals surface area contributed by atoms with E-state index in [2.05, 4.69) is 9.97 Å². The van der Waals surface area contributed by atoms with Crippen molar-refractivity contribution in [2.45, 2.75) is 26.8 Å². The fourth-order valence-corrected chi connectivity index (χ4v) is 5.99. The van der Waals surface area contributed by atoms with Crippen LogP contribution in [0.25, 0.3) is 21.6 Å². The van der Waals surface area contributed by atoms with Crippen LogP contribution in [0.5, 0.6) is 11.5 Å². The number of ketones is 1. The molecule has 6 rings (SSSR count). The second-order valence-electron chi connectivity index (χ2n) is 9.25. The Bertz CT molecular complexity index is 1840. The number of hydrogen-bond acceptors (Lipinski definition) is 8. The Morgan fingerprint density at radius 1 is 1.08 bits per heavy atom. The highest BCUT2D eigenvalue weighted by molar-refractivity contribution is 7.22. The lowest BCUT2D eigenvalue weighted by Gasteiger charge is -2.22. The lowest BCUT2D eigenvalue weighted by molar-refractivity contribution is -0.132. The standard InChI is InChI=1S/C29H24N4O5S/c1-4-38-19-10-11-20-21(14-19)39-29(30-20)33-24(17-8-5-9-18(34)13-17)22(26(36)28(33)37)25(35)23-16(3)32-12-6-7-15(2)27(32)31-23/h5-14,24,34-35H,4H2,1-3H3. The number of carbonyl (C=O) groups excluding carboxylic acids is 2. The number of phenols is 1. The van der Waals surface area contributed by atoms with Crippen LogP contribution in [0, 0.1) is 13.8 Å². The molecular weight excluding hydrogens is 516 g/mol. The number of pyridine rings is 1. The molecule has 0 aliphatic carbocycles. The second kappa shape index (κ2) is 9.25. The molecule has 1 unspecified atom stereocenters. The van der Waals surface area contributed by atoms with Gasteiger partial charge in [0, 0.05) is 6.20 Å². The van der Waals surface area contributed by atoms with Gasteiger partial charge < -0.3 is 19.4 Å². The molecule has 0 spiro atoms. The zero-order chi connectivity index (χ0) is 27.4. The number of fused-ring (bicyclic) bond motifs is 2. The molecule has 9 nitrogen and oxygen atoms in total. The normalized spacial score (nSPS) is 17.0. The molecule has 1 amide bonds. The molecule has 0 radical (unpaired) electrons. The van der Waals surface area contributed by atoms with Gasteiger partial charge in [0.1, 0.15) is 22.8 Å². The summed E-state index contributed by atoms with van der Waals surface area (Å²) in [7, 11) is 0. The zero-order valence-electron chi connectivity index (χ0n) is 21.4. The molecule has 2 N–H and O–H groups in total. The largest absolute Gasteiger partial charge is 0.508 e. The Labute approximate surface area is 227 Å². The van der Waals surface area contributed by atoms with E-state index in [0.717, 1.165) is 10.3 Å². The van der Waals surface area contributed by atoms with Crippen molar-refractivity contribution in [3.8, 4) is 11.5 Å². The van der Waals surface area contributed by atoms with E-state index in [4.69, 9.17) is 4.74 Å². The number of nitrogens with zero attached hydrogens (tertiary/aromatic N) is 4. The fourth-order valence-electron chi connectivity index (χ4n) is 4.97. The van der Waals surface area contributed by atoms with Crippen LogP contribution in [0.3, 0.4) is 0 Å². The summed E-state index contributed by atoms with van der Waals surface area (Å²) >= 11 is 1.24. The van der Waals surface area contributed by atoms with Crippen LogP contribution in [-0.2, 0) is 9.59 Å². The van der Waals surface area contributed by atoms with Crippen molar-refractivity contribution >= 4 is 49.8 Å². The van der Waals surface area contributed by atoms with Gasteiger partial charge in [-0.2, -0.15) is 0 Å². The van der Waals surface area contributed by atoms with Gasteiger partial charge >= 0.3 is 5.91 Å². The molecule has 39 heavy (non-hydrogen) atoms. The minimum absolute atomic E-state index is 0.0386. The van der Waals surface area contributed by atoms with Crippen LogP contribution in [-0.4, -0.2) is 42.9 Å². The van der Waals surface area contributed by atoms with E-state index in [1.165, 1.54) is 28.4 Å². The van der Waals surface area contributed by atoms with E-state index in [9.17, 15) is 19.8 Å². The Kier molecular flexibility index (Phi) is 5.84. The third-order valence-corrected chi connectivity index (χ3v) is 7.82. The highest BCUT2D eigenvalue weighted by Gasteiger charge is 2.48.